The number of rotatable bonds is 8. The van der Waals surface area contributed by atoms with Crippen LogP contribution in [0.4, 0.5) is 0 Å². The summed E-state index contributed by atoms with van der Waals surface area (Å²) in [5.74, 6) is -0.141. The molecule has 2 aromatic carbocycles. The molecule has 0 fully saturated rings. The number of hydrogen-bond acceptors (Lipinski definition) is 5. The Labute approximate surface area is 177 Å². The highest BCUT2D eigenvalue weighted by molar-refractivity contribution is 9.10. The molecule has 9 heteroatoms. The molecular weight excluding hydrogens is 458 g/mol. The van der Waals surface area contributed by atoms with Gasteiger partial charge in [0.2, 0.25) is 10.0 Å². The van der Waals surface area contributed by atoms with Gasteiger partial charge >= 0.3 is 0 Å². The number of hydrazone groups is 1. The minimum atomic E-state index is -3.90. The highest BCUT2D eigenvalue weighted by atomic mass is 79.9. The molecule has 0 saturated heterocycles. The Morgan fingerprint density at radius 2 is 1.90 bits per heavy atom. The lowest BCUT2D eigenvalue weighted by molar-refractivity contribution is -0.121. The molecule has 150 valence electrons. The van der Waals surface area contributed by atoms with Crippen molar-refractivity contribution in [1.82, 2.24) is 9.73 Å². The molecule has 0 aliphatic heterocycles. The Hall–Kier alpha value is -2.75. The van der Waals surface area contributed by atoms with Gasteiger partial charge in [-0.15, -0.1) is 0 Å². The number of carbonyl (C=O) groups excluding carboxylic acids is 1. The average molecular weight is 476 g/mol. The third-order valence-corrected chi connectivity index (χ3v) is 6.16. The number of carbonyl (C=O) groups is 1. The van der Waals surface area contributed by atoms with Gasteiger partial charge in [0.15, 0.2) is 0 Å². The molecule has 3 aromatic rings. The van der Waals surface area contributed by atoms with E-state index >= 15 is 0 Å². The first-order chi connectivity index (χ1) is 13.9. The van der Waals surface area contributed by atoms with E-state index in [4.69, 9.17) is 4.42 Å². The SMILES string of the molecule is O=C(CN(Cc1ccco1)S(=O)(=O)c1ccccc1)NN=Cc1cccc(Br)c1. The fourth-order valence-electron chi connectivity index (χ4n) is 2.50. The van der Waals surface area contributed by atoms with Crippen LogP contribution in [0.1, 0.15) is 11.3 Å². The molecule has 1 N–H and O–H groups in total. The van der Waals surface area contributed by atoms with Crippen LogP contribution in [0.15, 0.2) is 91.9 Å². The van der Waals surface area contributed by atoms with E-state index in [1.54, 1.807) is 30.3 Å². The second kappa shape index (κ2) is 9.64. The maximum atomic E-state index is 13.0. The Morgan fingerprint density at radius 3 is 2.59 bits per heavy atom. The van der Waals surface area contributed by atoms with E-state index in [-0.39, 0.29) is 11.4 Å². The number of nitrogens with one attached hydrogen (secondary N) is 1. The van der Waals surface area contributed by atoms with Crippen LogP contribution in [0.25, 0.3) is 0 Å². The lowest BCUT2D eigenvalue weighted by Gasteiger charge is -2.20. The average Bonchev–Trinajstić information content (AvgIpc) is 3.21. The minimum Gasteiger partial charge on any atom is -0.468 e. The molecule has 3 rings (SSSR count). The van der Waals surface area contributed by atoms with Crippen molar-refractivity contribution in [2.75, 3.05) is 6.54 Å². The number of amides is 1. The van der Waals surface area contributed by atoms with Gasteiger partial charge < -0.3 is 4.42 Å². The lowest BCUT2D eigenvalue weighted by atomic mass is 10.2. The summed E-state index contributed by atoms with van der Waals surface area (Å²) in [4.78, 5) is 12.4. The first kappa shape index (κ1) is 21.0. The zero-order valence-corrected chi connectivity index (χ0v) is 17.6. The summed E-state index contributed by atoms with van der Waals surface area (Å²) < 4.78 is 33.2. The third kappa shape index (κ3) is 5.86. The predicted octanol–water partition coefficient (Wildman–Crippen LogP) is 3.38. The van der Waals surface area contributed by atoms with Crippen molar-refractivity contribution in [2.45, 2.75) is 11.4 Å². The molecule has 0 radical (unpaired) electrons. The summed E-state index contributed by atoms with van der Waals surface area (Å²) >= 11 is 3.36. The molecule has 0 spiro atoms. The molecule has 0 saturated carbocycles. The van der Waals surface area contributed by atoms with E-state index in [0.29, 0.717) is 5.76 Å². The maximum Gasteiger partial charge on any atom is 0.255 e. The van der Waals surface area contributed by atoms with Crippen LogP contribution in [0.3, 0.4) is 0 Å². The largest absolute Gasteiger partial charge is 0.468 e. The van der Waals surface area contributed by atoms with Crippen molar-refractivity contribution >= 4 is 38.1 Å². The van der Waals surface area contributed by atoms with Gasteiger partial charge in [0.1, 0.15) is 5.76 Å². The normalized spacial score (nSPS) is 11.8. The quantitative estimate of drug-likeness (QED) is 0.399. The number of hydrogen-bond donors (Lipinski definition) is 1. The Bertz CT molecular complexity index is 1080. The summed E-state index contributed by atoms with van der Waals surface area (Å²) in [5, 5.41) is 3.90. The van der Waals surface area contributed by atoms with Crippen LogP contribution < -0.4 is 5.43 Å². The molecule has 29 heavy (non-hydrogen) atoms. The summed E-state index contributed by atoms with van der Waals surface area (Å²) in [6.07, 6.45) is 2.93. The van der Waals surface area contributed by atoms with Gasteiger partial charge in [0.05, 0.1) is 30.5 Å². The van der Waals surface area contributed by atoms with Crippen LogP contribution in [0.2, 0.25) is 0 Å². The van der Waals surface area contributed by atoms with Gasteiger partial charge in [-0.05, 0) is 42.0 Å². The second-order valence-corrected chi connectivity index (χ2v) is 8.87. The van der Waals surface area contributed by atoms with Gasteiger partial charge in [0.25, 0.3) is 5.91 Å². The zero-order chi connectivity index (χ0) is 20.7. The van der Waals surface area contributed by atoms with Gasteiger partial charge in [-0.2, -0.15) is 9.41 Å². The maximum absolute atomic E-state index is 13.0. The van der Waals surface area contributed by atoms with Crippen molar-refractivity contribution in [3.63, 3.8) is 0 Å². The van der Waals surface area contributed by atoms with Crippen molar-refractivity contribution in [1.29, 1.82) is 0 Å². The lowest BCUT2D eigenvalue weighted by Crippen LogP contribution is -2.38. The Balaban J connectivity index is 1.73. The van der Waals surface area contributed by atoms with Crippen molar-refractivity contribution < 1.29 is 17.6 Å². The molecule has 1 aromatic heterocycles. The summed E-state index contributed by atoms with van der Waals surface area (Å²) in [7, 11) is -3.90. The molecule has 0 aliphatic rings. The van der Waals surface area contributed by atoms with Crippen molar-refractivity contribution in [3.05, 3.63) is 88.8 Å². The molecular formula is C20H18BrN3O4S. The topological polar surface area (TPSA) is 92.0 Å². The Morgan fingerprint density at radius 1 is 1.10 bits per heavy atom. The first-order valence-electron chi connectivity index (χ1n) is 8.60. The van der Waals surface area contributed by atoms with Crippen LogP contribution in [-0.2, 0) is 21.4 Å². The smallest absolute Gasteiger partial charge is 0.255 e. The minimum absolute atomic E-state index is 0.0764. The summed E-state index contributed by atoms with van der Waals surface area (Å²) in [5.41, 5.74) is 3.14. The van der Waals surface area contributed by atoms with Crippen LogP contribution in [0, 0.1) is 0 Å². The van der Waals surface area contributed by atoms with E-state index < -0.39 is 22.5 Å². The van der Waals surface area contributed by atoms with Crippen molar-refractivity contribution in [3.8, 4) is 0 Å². The van der Waals surface area contributed by atoms with Gasteiger partial charge in [-0.3, -0.25) is 4.79 Å². The summed E-state index contributed by atoms with van der Waals surface area (Å²) in [6, 6.07) is 18.6. The number of sulfonamides is 1. The molecule has 1 heterocycles. The van der Waals surface area contributed by atoms with Crippen LogP contribution in [0.5, 0.6) is 0 Å². The van der Waals surface area contributed by atoms with Crippen molar-refractivity contribution in [2.24, 2.45) is 5.10 Å². The van der Waals surface area contributed by atoms with Gasteiger partial charge in [-0.1, -0.05) is 46.3 Å². The predicted molar refractivity (Wildman–Crippen MR) is 113 cm³/mol. The molecule has 0 bridgehead atoms. The zero-order valence-electron chi connectivity index (χ0n) is 15.2. The summed E-state index contributed by atoms with van der Waals surface area (Å²) in [6.45, 7) is -0.485. The van der Waals surface area contributed by atoms with E-state index in [0.717, 1.165) is 14.3 Å². The molecule has 0 unspecified atom stereocenters. The van der Waals surface area contributed by atoms with E-state index in [9.17, 15) is 13.2 Å². The van der Waals surface area contributed by atoms with E-state index in [1.165, 1.54) is 24.6 Å². The Kier molecular flexibility index (Phi) is 6.97. The first-order valence-corrected chi connectivity index (χ1v) is 10.8. The number of benzene rings is 2. The van der Waals surface area contributed by atoms with E-state index in [2.05, 4.69) is 26.5 Å². The number of halogens is 1. The highest BCUT2D eigenvalue weighted by Gasteiger charge is 2.27. The van der Waals surface area contributed by atoms with Gasteiger partial charge in [-0.25, -0.2) is 13.8 Å². The number of furan rings is 1. The van der Waals surface area contributed by atoms with Crippen LogP contribution >= 0.6 is 15.9 Å². The van der Waals surface area contributed by atoms with E-state index in [1.807, 2.05) is 24.3 Å². The standard InChI is InChI=1S/C20H18BrN3O4S/c21-17-7-4-6-16(12-17)13-22-23-20(25)15-24(14-18-8-5-11-28-18)29(26,27)19-9-2-1-3-10-19/h1-13H,14-15H2,(H,23,25). The molecule has 0 atom stereocenters. The molecule has 7 nitrogen and oxygen atoms in total. The second-order valence-electron chi connectivity index (χ2n) is 6.01. The fourth-order valence-corrected chi connectivity index (χ4v) is 4.31. The van der Waals surface area contributed by atoms with Gasteiger partial charge in [0, 0.05) is 4.47 Å². The number of nitrogens with zero attached hydrogens (tertiary/aromatic N) is 2. The van der Waals surface area contributed by atoms with Crippen LogP contribution in [-0.4, -0.2) is 31.4 Å². The third-order valence-electron chi connectivity index (χ3n) is 3.86. The highest BCUT2D eigenvalue weighted by Crippen LogP contribution is 2.18. The monoisotopic (exact) mass is 475 g/mol. The molecule has 1 amide bonds. The fraction of sp³-hybridized carbons (Fsp3) is 0.100. The molecule has 0 aliphatic carbocycles.